The van der Waals surface area contributed by atoms with Gasteiger partial charge in [-0.3, -0.25) is 4.79 Å². The number of esters is 1. The molecule has 0 aliphatic heterocycles. The van der Waals surface area contributed by atoms with E-state index < -0.39 is 0 Å². The van der Waals surface area contributed by atoms with Gasteiger partial charge in [0.25, 0.3) is 0 Å². The van der Waals surface area contributed by atoms with E-state index in [0.29, 0.717) is 21.7 Å². The van der Waals surface area contributed by atoms with E-state index >= 15 is 0 Å². The van der Waals surface area contributed by atoms with Crippen LogP contribution in [-0.2, 0) is 16.0 Å². The van der Waals surface area contributed by atoms with E-state index in [1.165, 1.54) is 6.42 Å². The Kier molecular flexibility index (Phi) is 5.91. The van der Waals surface area contributed by atoms with Gasteiger partial charge in [0.2, 0.25) is 0 Å². The first-order valence-corrected chi connectivity index (χ1v) is 8.03. The predicted molar refractivity (Wildman–Crippen MR) is 86.0 cm³/mol. The lowest BCUT2D eigenvalue weighted by molar-refractivity contribution is -0.153. The Morgan fingerprint density at radius 2 is 2.00 bits per heavy atom. The van der Waals surface area contributed by atoms with Gasteiger partial charge in [0.15, 0.2) is 0 Å². The maximum Gasteiger partial charge on any atom is 0.310 e. The van der Waals surface area contributed by atoms with Gasteiger partial charge in [0.05, 0.1) is 16.5 Å². The molecule has 0 amide bonds. The van der Waals surface area contributed by atoms with Crippen LogP contribution in [0.15, 0.2) is 18.2 Å². The second-order valence-corrected chi connectivity index (χ2v) is 6.52. The Labute approximate surface area is 136 Å². The molecule has 116 valence electrons. The monoisotopic (exact) mass is 329 g/mol. The third-order valence-electron chi connectivity index (χ3n) is 3.98. The lowest BCUT2D eigenvalue weighted by Gasteiger charge is -2.35. The van der Waals surface area contributed by atoms with E-state index in [0.717, 1.165) is 19.3 Å². The Balaban J connectivity index is 1.99. The van der Waals surface area contributed by atoms with E-state index in [1.807, 2.05) is 14.1 Å². The lowest BCUT2D eigenvalue weighted by atomic mass is 9.91. The molecule has 1 aliphatic carbocycles. The molecule has 1 saturated carbocycles. The molecule has 0 saturated heterocycles. The molecule has 0 radical (unpaired) electrons. The number of hydrogen-bond donors (Lipinski definition) is 0. The average Bonchev–Trinajstić information content (AvgIpc) is 2.44. The summed E-state index contributed by atoms with van der Waals surface area (Å²) in [5, 5.41) is 0.898. The summed E-state index contributed by atoms with van der Waals surface area (Å²) in [6, 6.07) is 5.61. The predicted octanol–water partition coefficient (Wildman–Crippen LogP) is 3.95. The molecule has 1 fully saturated rings. The Hall–Kier alpha value is -0.770. The number of carbonyl (C=O) groups excluding carboxylic acids is 1. The number of ether oxygens (including phenoxy) is 1. The fraction of sp³-hybridized carbons (Fsp3) is 0.562. The van der Waals surface area contributed by atoms with Crippen molar-refractivity contribution in [3.63, 3.8) is 0 Å². The van der Waals surface area contributed by atoms with Crippen molar-refractivity contribution in [2.45, 2.75) is 44.2 Å². The molecule has 1 aliphatic rings. The van der Waals surface area contributed by atoms with E-state index in [4.69, 9.17) is 27.9 Å². The first kappa shape index (κ1) is 16.6. The van der Waals surface area contributed by atoms with Crippen LogP contribution < -0.4 is 0 Å². The van der Waals surface area contributed by atoms with E-state index in [1.54, 1.807) is 18.2 Å². The van der Waals surface area contributed by atoms with Crippen LogP contribution in [-0.4, -0.2) is 37.1 Å². The van der Waals surface area contributed by atoms with Gasteiger partial charge in [-0.1, -0.05) is 41.8 Å². The minimum atomic E-state index is -0.238. The van der Waals surface area contributed by atoms with E-state index in [9.17, 15) is 4.79 Å². The molecule has 1 aromatic carbocycles. The zero-order chi connectivity index (χ0) is 15.4. The summed E-state index contributed by atoms with van der Waals surface area (Å²) in [6.07, 6.45) is 4.44. The maximum atomic E-state index is 12.2. The summed E-state index contributed by atoms with van der Waals surface area (Å²) in [5.41, 5.74) is 0.714. The highest BCUT2D eigenvalue weighted by Crippen LogP contribution is 2.27. The lowest BCUT2D eigenvalue weighted by Crippen LogP contribution is -2.43. The van der Waals surface area contributed by atoms with Gasteiger partial charge in [-0.15, -0.1) is 0 Å². The molecule has 0 aromatic heterocycles. The number of nitrogens with zero attached hydrogens (tertiary/aromatic N) is 1. The highest BCUT2D eigenvalue weighted by atomic mass is 35.5. The molecule has 0 bridgehead atoms. The maximum absolute atomic E-state index is 12.2. The smallest absolute Gasteiger partial charge is 0.310 e. The van der Waals surface area contributed by atoms with Gasteiger partial charge in [0.1, 0.15) is 6.10 Å². The van der Waals surface area contributed by atoms with Crippen LogP contribution in [0.3, 0.4) is 0 Å². The number of benzene rings is 1. The van der Waals surface area contributed by atoms with Crippen molar-refractivity contribution in [1.29, 1.82) is 0 Å². The molecule has 0 spiro atoms. The second kappa shape index (κ2) is 7.48. The van der Waals surface area contributed by atoms with Crippen molar-refractivity contribution < 1.29 is 9.53 Å². The highest BCUT2D eigenvalue weighted by molar-refractivity contribution is 6.42. The van der Waals surface area contributed by atoms with Crippen LogP contribution in [0.25, 0.3) is 0 Å². The van der Waals surface area contributed by atoms with Gasteiger partial charge in [-0.25, -0.2) is 0 Å². The summed E-state index contributed by atoms with van der Waals surface area (Å²) < 4.78 is 5.68. The first-order valence-electron chi connectivity index (χ1n) is 7.28. The number of rotatable bonds is 4. The fourth-order valence-electron chi connectivity index (χ4n) is 2.86. The van der Waals surface area contributed by atoms with Gasteiger partial charge in [0, 0.05) is 6.04 Å². The summed E-state index contributed by atoms with van der Waals surface area (Å²) in [7, 11) is 4.06. The fourth-order valence-corrected chi connectivity index (χ4v) is 3.24. The third-order valence-corrected chi connectivity index (χ3v) is 4.84. The quantitative estimate of drug-likeness (QED) is 0.783. The Morgan fingerprint density at radius 1 is 1.29 bits per heavy atom. The summed E-state index contributed by atoms with van der Waals surface area (Å²) in [6.45, 7) is 0. The molecule has 2 atom stereocenters. The number of halogens is 2. The second-order valence-electron chi connectivity index (χ2n) is 5.73. The molecule has 0 unspecified atom stereocenters. The van der Waals surface area contributed by atoms with Crippen LogP contribution in [0, 0.1) is 0 Å². The first-order chi connectivity index (χ1) is 9.99. The van der Waals surface area contributed by atoms with Crippen LogP contribution in [0.2, 0.25) is 10.0 Å². The molecule has 1 aromatic rings. The molecule has 2 rings (SSSR count). The van der Waals surface area contributed by atoms with Crippen molar-refractivity contribution in [3.05, 3.63) is 33.8 Å². The Morgan fingerprint density at radius 3 is 2.71 bits per heavy atom. The van der Waals surface area contributed by atoms with Crippen LogP contribution >= 0.6 is 23.2 Å². The highest BCUT2D eigenvalue weighted by Gasteiger charge is 2.29. The van der Waals surface area contributed by atoms with Crippen LogP contribution in [0.4, 0.5) is 0 Å². The van der Waals surface area contributed by atoms with Gasteiger partial charge < -0.3 is 9.64 Å². The summed E-state index contributed by atoms with van der Waals surface area (Å²) in [5.74, 6) is -0.238. The molecule has 0 N–H and O–H groups in total. The minimum Gasteiger partial charge on any atom is -0.460 e. The standard InChI is InChI=1S/C16H21Cl2NO2/c1-19(2)13-8-3-4-9-14(13)21-15(20)10-11-6-5-7-12(17)16(11)18/h5-7,13-14H,3-4,8-10H2,1-2H3/t13-,14-/m0/s1. The van der Waals surface area contributed by atoms with Crippen molar-refractivity contribution in [2.75, 3.05) is 14.1 Å². The summed E-state index contributed by atoms with van der Waals surface area (Å²) in [4.78, 5) is 14.3. The SMILES string of the molecule is CN(C)[C@H]1CCCC[C@@H]1OC(=O)Cc1cccc(Cl)c1Cl. The van der Waals surface area contributed by atoms with Crippen molar-refractivity contribution >= 4 is 29.2 Å². The molecular weight excluding hydrogens is 309 g/mol. The molecule has 5 heteroatoms. The number of hydrogen-bond acceptors (Lipinski definition) is 3. The van der Waals surface area contributed by atoms with E-state index in [2.05, 4.69) is 4.90 Å². The zero-order valence-corrected chi connectivity index (χ0v) is 14.0. The number of carbonyl (C=O) groups is 1. The summed E-state index contributed by atoms with van der Waals surface area (Å²) >= 11 is 12.1. The molecule has 3 nitrogen and oxygen atoms in total. The van der Waals surface area contributed by atoms with Gasteiger partial charge in [-0.05, 0) is 45.0 Å². The van der Waals surface area contributed by atoms with Crippen molar-refractivity contribution in [3.8, 4) is 0 Å². The average molecular weight is 330 g/mol. The number of likely N-dealkylation sites (N-methyl/N-ethyl adjacent to an activating group) is 1. The van der Waals surface area contributed by atoms with E-state index in [-0.39, 0.29) is 18.5 Å². The third kappa shape index (κ3) is 4.35. The largest absolute Gasteiger partial charge is 0.460 e. The minimum absolute atomic E-state index is 0.0285. The van der Waals surface area contributed by atoms with Crippen molar-refractivity contribution in [1.82, 2.24) is 4.90 Å². The topological polar surface area (TPSA) is 29.5 Å². The molecular formula is C16H21Cl2NO2. The van der Waals surface area contributed by atoms with Crippen molar-refractivity contribution in [2.24, 2.45) is 0 Å². The van der Waals surface area contributed by atoms with Gasteiger partial charge >= 0.3 is 5.97 Å². The zero-order valence-electron chi connectivity index (χ0n) is 12.4. The molecule has 0 heterocycles. The van der Waals surface area contributed by atoms with Gasteiger partial charge in [-0.2, -0.15) is 0 Å². The Bertz CT molecular complexity index is 505. The normalized spacial score (nSPS) is 22.3. The van der Waals surface area contributed by atoms with Crippen LogP contribution in [0.5, 0.6) is 0 Å². The van der Waals surface area contributed by atoms with Crippen LogP contribution in [0.1, 0.15) is 31.2 Å². The molecule has 21 heavy (non-hydrogen) atoms.